The van der Waals surface area contributed by atoms with Crippen LogP contribution in [-0.2, 0) is 0 Å². The normalized spacial score (nSPS) is 10.8. The number of benzene rings is 2. The lowest BCUT2D eigenvalue weighted by Crippen LogP contribution is -2.01. The molecule has 7 heteroatoms. The molecule has 0 saturated carbocycles. The van der Waals surface area contributed by atoms with Crippen molar-refractivity contribution in [3.05, 3.63) is 51.5 Å². The van der Waals surface area contributed by atoms with Gasteiger partial charge in [0, 0.05) is 10.0 Å². The maximum atomic E-state index is 6.26. The van der Waals surface area contributed by atoms with Gasteiger partial charge in [0.1, 0.15) is 0 Å². The second kappa shape index (κ2) is 5.46. The van der Waals surface area contributed by atoms with Crippen LogP contribution in [0.1, 0.15) is 5.56 Å². The zero-order valence-corrected chi connectivity index (χ0v) is 13.4. The predicted octanol–water partition coefficient (Wildman–Crippen LogP) is 3.64. The Bertz CT molecular complexity index is 815. The number of hydrogen-bond donors (Lipinski definition) is 1. The van der Waals surface area contributed by atoms with Crippen molar-refractivity contribution >= 4 is 33.2 Å². The molecule has 21 heavy (non-hydrogen) atoms. The summed E-state index contributed by atoms with van der Waals surface area (Å²) in [5.41, 5.74) is 8.98. The van der Waals surface area contributed by atoms with Crippen molar-refractivity contribution in [3.8, 4) is 17.1 Å². The molecule has 1 heterocycles. The summed E-state index contributed by atoms with van der Waals surface area (Å²) < 4.78 is 2.67. The number of tetrazole rings is 1. The third kappa shape index (κ3) is 2.52. The lowest BCUT2D eigenvalue weighted by Gasteiger charge is -2.08. The number of aromatic nitrogens is 4. The van der Waals surface area contributed by atoms with E-state index in [0.29, 0.717) is 22.1 Å². The summed E-state index contributed by atoms with van der Waals surface area (Å²) in [5.74, 6) is 0.550. The van der Waals surface area contributed by atoms with Gasteiger partial charge in [-0.1, -0.05) is 33.6 Å². The highest BCUT2D eigenvalue weighted by atomic mass is 79.9. The van der Waals surface area contributed by atoms with E-state index >= 15 is 0 Å². The Balaban J connectivity index is 2.17. The summed E-state index contributed by atoms with van der Waals surface area (Å²) in [7, 11) is 0. The Morgan fingerprint density at radius 3 is 2.81 bits per heavy atom. The molecule has 0 aliphatic heterocycles. The molecule has 106 valence electrons. The quantitative estimate of drug-likeness (QED) is 0.705. The maximum absolute atomic E-state index is 6.26. The highest BCUT2D eigenvalue weighted by Gasteiger charge is 2.15. The summed E-state index contributed by atoms with van der Waals surface area (Å²) in [6, 6.07) is 11.3. The van der Waals surface area contributed by atoms with Crippen LogP contribution < -0.4 is 5.73 Å². The molecule has 1 aromatic heterocycles. The van der Waals surface area contributed by atoms with Crippen molar-refractivity contribution in [3.63, 3.8) is 0 Å². The van der Waals surface area contributed by atoms with Crippen LogP contribution >= 0.6 is 27.5 Å². The smallest absolute Gasteiger partial charge is 0.188 e. The van der Waals surface area contributed by atoms with Crippen LogP contribution in [0.25, 0.3) is 17.1 Å². The van der Waals surface area contributed by atoms with E-state index in [1.807, 2.05) is 37.3 Å². The SMILES string of the molecule is Cc1cc(-n2nnnc2-c2cccc(N)c2Cl)ccc1Br. The molecular weight excluding hydrogens is 354 g/mol. The van der Waals surface area contributed by atoms with Crippen LogP contribution in [0, 0.1) is 6.92 Å². The van der Waals surface area contributed by atoms with Crippen LogP contribution in [0.15, 0.2) is 40.9 Å². The van der Waals surface area contributed by atoms with Gasteiger partial charge >= 0.3 is 0 Å². The summed E-state index contributed by atoms with van der Waals surface area (Å²) in [5, 5.41) is 12.3. The Labute approximate surface area is 134 Å². The minimum Gasteiger partial charge on any atom is -0.398 e. The first-order chi connectivity index (χ1) is 10.1. The maximum Gasteiger partial charge on any atom is 0.188 e. The molecule has 0 atom stereocenters. The van der Waals surface area contributed by atoms with Gasteiger partial charge in [-0.05, 0) is 53.2 Å². The van der Waals surface area contributed by atoms with Crippen molar-refractivity contribution in [1.82, 2.24) is 20.2 Å². The van der Waals surface area contributed by atoms with Crippen molar-refractivity contribution in [1.29, 1.82) is 0 Å². The molecule has 0 radical (unpaired) electrons. The Kier molecular flexibility index (Phi) is 3.65. The predicted molar refractivity (Wildman–Crippen MR) is 86.4 cm³/mol. The number of aryl methyl sites for hydroxylation is 1. The first kappa shape index (κ1) is 14.0. The number of hydrogen-bond acceptors (Lipinski definition) is 4. The molecule has 3 aromatic rings. The first-order valence-corrected chi connectivity index (χ1v) is 7.34. The third-order valence-electron chi connectivity index (χ3n) is 3.13. The largest absolute Gasteiger partial charge is 0.398 e. The number of nitrogen functional groups attached to an aromatic ring is 1. The fourth-order valence-electron chi connectivity index (χ4n) is 2.01. The van der Waals surface area contributed by atoms with Crippen LogP contribution in [0.3, 0.4) is 0 Å². The fraction of sp³-hybridized carbons (Fsp3) is 0.0714. The fourth-order valence-corrected chi connectivity index (χ4v) is 2.47. The molecule has 2 aromatic carbocycles. The van der Waals surface area contributed by atoms with Gasteiger partial charge in [0.15, 0.2) is 5.82 Å². The van der Waals surface area contributed by atoms with Gasteiger partial charge in [0.05, 0.1) is 16.4 Å². The van der Waals surface area contributed by atoms with Crippen LogP contribution in [0.5, 0.6) is 0 Å². The molecule has 0 aliphatic carbocycles. The molecule has 0 bridgehead atoms. The summed E-state index contributed by atoms with van der Waals surface area (Å²) in [6.07, 6.45) is 0. The van der Waals surface area contributed by atoms with Gasteiger partial charge in [0.25, 0.3) is 0 Å². The van der Waals surface area contributed by atoms with Crippen molar-refractivity contribution < 1.29 is 0 Å². The summed E-state index contributed by atoms with van der Waals surface area (Å²) in [6.45, 7) is 2.01. The van der Waals surface area contributed by atoms with Crippen LogP contribution in [-0.4, -0.2) is 20.2 Å². The molecule has 0 spiro atoms. The third-order valence-corrected chi connectivity index (χ3v) is 4.44. The molecule has 0 amide bonds. The molecule has 2 N–H and O–H groups in total. The topological polar surface area (TPSA) is 69.6 Å². The van der Waals surface area contributed by atoms with E-state index in [-0.39, 0.29) is 0 Å². The first-order valence-electron chi connectivity index (χ1n) is 6.17. The second-order valence-corrected chi connectivity index (χ2v) is 5.79. The van der Waals surface area contributed by atoms with E-state index in [1.54, 1.807) is 10.7 Å². The van der Waals surface area contributed by atoms with Crippen molar-refractivity contribution in [2.45, 2.75) is 6.92 Å². The monoisotopic (exact) mass is 363 g/mol. The van der Waals surface area contributed by atoms with Gasteiger partial charge in [-0.15, -0.1) is 5.10 Å². The molecule has 0 saturated heterocycles. The molecule has 0 fully saturated rings. The van der Waals surface area contributed by atoms with E-state index < -0.39 is 0 Å². The molecule has 0 aliphatic rings. The standard InChI is InChI=1S/C14H11BrClN5/c1-8-7-9(5-6-11(8)15)21-14(18-19-20-21)10-3-2-4-12(17)13(10)16/h2-7H,17H2,1H3. The molecular formula is C14H11BrClN5. The number of nitrogens with two attached hydrogens (primary N) is 1. The number of halogens is 2. The van der Waals surface area contributed by atoms with Crippen molar-refractivity contribution in [2.24, 2.45) is 0 Å². The van der Waals surface area contributed by atoms with Crippen molar-refractivity contribution in [2.75, 3.05) is 5.73 Å². The Morgan fingerprint density at radius 2 is 2.05 bits per heavy atom. The highest BCUT2D eigenvalue weighted by molar-refractivity contribution is 9.10. The average molecular weight is 365 g/mol. The summed E-state index contributed by atoms with van der Waals surface area (Å²) in [4.78, 5) is 0. The van der Waals surface area contributed by atoms with Crippen LogP contribution in [0.4, 0.5) is 5.69 Å². The van der Waals surface area contributed by atoms with E-state index in [2.05, 4.69) is 31.5 Å². The zero-order valence-electron chi connectivity index (χ0n) is 11.1. The molecule has 5 nitrogen and oxygen atoms in total. The van der Waals surface area contributed by atoms with E-state index in [4.69, 9.17) is 17.3 Å². The van der Waals surface area contributed by atoms with Gasteiger partial charge in [-0.3, -0.25) is 0 Å². The van der Waals surface area contributed by atoms with Gasteiger partial charge < -0.3 is 5.73 Å². The lowest BCUT2D eigenvalue weighted by atomic mass is 10.1. The highest BCUT2D eigenvalue weighted by Crippen LogP contribution is 2.31. The van der Waals surface area contributed by atoms with Gasteiger partial charge in [-0.25, -0.2) is 0 Å². The summed E-state index contributed by atoms with van der Waals surface area (Å²) >= 11 is 9.74. The van der Waals surface area contributed by atoms with E-state index in [0.717, 1.165) is 15.7 Å². The number of nitrogens with zero attached hydrogens (tertiary/aromatic N) is 4. The lowest BCUT2D eigenvalue weighted by molar-refractivity contribution is 0.790. The van der Waals surface area contributed by atoms with Gasteiger partial charge in [0.2, 0.25) is 0 Å². The zero-order chi connectivity index (χ0) is 15.0. The average Bonchev–Trinajstić information content (AvgIpc) is 2.94. The Hall–Kier alpha value is -1.92. The van der Waals surface area contributed by atoms with E-state index in [9.17, 15) is 0 Å². The molecule has 3 rings (SSSR count). The second-order valence-electron chi connectivity index (χ2n) is 4.56. The number of anilines is 1. The minimum absolute atomic E-state index is 0.447. The Morgan fingerprint density at radius 1 is 1.24 bits per heavy atom. The number of rotatable bonds is 2. The van der Waals surface area contributed by atoms with Crippen LogP contribution in [0.2, 0.25) is 5.02 Å². The minimum atomic E-state index is 0.447. The van der Waals surface area contributed by atoms with Gasteiger partial charge in [-0.2, -0.15) is 4.68 Å². The van der Waals surface area contributed by atoms with E-state index in [1.165, 1.54) is 0 Å². The molecule has 0 unspecified atom stereocenters.